The number of morpholine rings is 1. The fourth-order valence-electron chi connectivity index (χ4n) is 3.03. The van der Waals surface area contributed by atoms with Crippen LogP contribution in [0.25, 0.3) is 0 Å². The molecule has 0 saturated carbocycles. The van der Waals surface area contributed by atoms with Gasteiger partial charge in [0.1, 0.15) is 0 Å². The van der Waals surface area contributed by atoms with Gasteiger partial charge in [0, 0.05) is 45.7 Å². The second-order valence-electron chi connectivity index (χ2n) is 7.00. The summed E-state index contributed by atoms with van der Waals surface area (Å²) in [6.07, 6.45) is 0. The van der Waals surface area contributed by atoms with Gasteiger partial charge in [-0.05, 0) is 19.4 Å². The van der Waals surface area contributed by atoms with E-state index in [1.165, 1.54) is 6.92 Å². The summed E-state index contributed by atoms with van der Waals surface area (Å²) in [5.41, 5.74) is 1.09. The molecular weight excluding hydrogens is 330 g/mol. The molecule has 0 spiro atoms. The lowest BCUT2D eigenvalue weighted by atomic mass is 10.2. The zero-order chi connectivity index (χ0) is 18.9. The minimum atomic E-state index is -0.0602. The largest absolute Gasteiger partial charge is 0.379 e. The van der Waals surface area contributed by atoms with Crippen molar-refractivity contribution >= 4 is 11.8 Å². The first-order chi connectivity index (χ1) is 12.5. The third kappa shape index (κ3) is 6.42. The van der Waals surface area contributed by atoms with E-state index in [0.717, 1.165) is 38.4 Å². The van der Waals surface area contributed by atoms with Crippen LogP contribution in [0, 0.1) is 0 Å². The van der Waals surface area contributed by atoms with Crippen LogP contribution >= 0.6 is 0 Å². The number of rotatable bonds is 8. The number of nitrogens with zero attached hydrogens (tertiary/aromatic N) is 3. The van der Waals surface area contributed by atoms with Crippen LogP contribution in [0.3, 0.4) is 0 Å². The number of benzene rings is 1. The molecule has 26 heavy (non-hydrogen) atoms. The highest BCUT2D eigenvalue weighted by molar-refractivity contribution is 5.84. The van der Waals surface area contributed by atoms with Gasteiger partial charge in [0.05, 0.1) is 19.8 Å². The Morgan fingerprint density at radius 3 is 2.38 bits per heavy atom. The first-order valence-corrected chi connectivity index (χ1v) is 9.36. The third-order valence-corrected chi connectivity index (χ3v) is 4.70. The first-order valence-electron chi connectivity index (χ1n) is 9.36. The SMILES string of the molecule is CC(=O)N(CCN1CCOCC1)CC(=O)N(Cc1ccccc1)C(C)C. The molecule has 1 fully saturated rings. The normalized spacial score (nSPS) is 15.1. The molecule has 2 rings (SSSR count). The minimum absolute atomic E-state index is 0.0129. The summed E-state index contributed by atoms with van der Waals surface area (Å²) in [5.74, 6) is -0.0731. The molecule has 0 atom stereocenters. The van der Waals surface area contributed by atoms with Crippen molar-refractivity contribution in [3.8, 4) is 0 Å². The maximum absolute atomic E-state index is 12.9. The van der Waals surface area contributed by atoms with Crippen LogP contribution in [0.4, 0.5) is 0 Å². The Labute approximate surface area is 156 Å². The molecule has 2 amide bonds. The van der Waals surface area contributed by atoms with Crippen molar-refractivity contribution in [2.24, 2.45) is 0 Å². The molecule has 1 aromatic rings. The van der Waals surface area contributed by atoms with Gasteiger partial charge in [0.2, 0.25) is 11.8 Å². The Morgan fingerprint density at radius 2 is 1.81 bits per heavy atom. The predicted molar refractivity (Wildman–Crippen MR) is 102 cm³/mol. The van der Waals surface area contributed by atoms with Crippen LogP contribution in [0.5, 0.6) is 0 Å². The third-order valence-electron chi connectivity index (χ3n) is 4.70. The van der Waals surface area contributed by atoms with Crippen LogP contribution in [0.2, 0.25) is 0 Å². The highest BCUT2D eigenvalue weighted by atomic mass is 16.5. The Hall–Kier alpha value is -1.92. The molecule has 0 aliphatic carbocycles. The molecule has 1 heterocycles. The molecule has 0 unspecified atom stereocenters. The van der Waals surface area contributed by atoms with Crippen molar-refractivity contribution in [1.29, 1.82) is 0 Å². The van der Waals surface area contributed by atoms with Gasteiger partial charge in [-0.15, -0.1) is 0 Å². The molecule has 0 radical (unpaired) electrons. The molecule has 1 aliphatic heterocycles. The Bertz CT molecular complexity index is 571. The van der Waals surface area contributed by atoms with E-state index in [2.05, 4.69) is 4.90 Å². The maximum Gasteiger partial charge on any atom is 0.242 e. The standard InChI is InChI=1S/C20H31N3O3/c1-17(2)23(15-19-7-5-4-6-8-19)20(25)16-22(18(3)24)10-9-21-11-13-26-14-12-21/h4-8,17H,9-16H2,1-3H3. The Kier molecular flexibility index (Phi) is 8.06. The highest BCUT2D eigenvalue weighted by Gasteiger charge is 2.22. The molecule has 0 bridgehead atoms. The molecule has 0 N–H and O–H groups in total. The van der Waals surface area contributed by atoms with Crippen LogP contribution < -0.4 is 0 Å². The Morgan fingerprint density at radius 1 is 1.15 bits per heavy atom. The zero-order valence-electron chi connectivity index (χ0n) is 16.2. The zero-order valence-corrected chi connectivity index (χ0v) is 16.2. The van der Waals surface area contributed by atoms with E-state index >= 15 is 0 Å². The maximum atomic E-state index is 12.9. The molecule has 6 heteroatoms. The molecule has 144 valence electrons. The number of carbonyl (C=O) groups is 2. The van der Waals surface area contributed by atoms with E-state index in [0.29, 0.717) is 13.1 Å². The fourth-order valence-corrected chi connectivity index (χ4v) is 3.03. The fraction of sp³-hybridized carbons (Fsp3) is 0.600. The van der Waals surface area contributed by atoms with Crippen molar-refractivity contribution in [2.45, 2.75) is 33.4 Å². The highest BCUT2D eigenvalue weighted by Crippen LogP contribution is 2.10. The van der Waals surface area contributed by atoms with E-state index in [4.69, 9.17) is 4.74 Å². The van der Waals surface area contributed by atoms with E-state index in [1.807, 2.05) is 49.1 Å². The number of carbonyl (C=O) groups excluding carboxylic acids is 2. The topological polar surface area (TPSA) is 53.1 Å². The average molecular weight is 361 g/mol. The lowest BCUT2D eigenvalue weighted by molar-refractivity contribution is -0.141. The number of ether oxygens (including phenoxy) is 1. The molecule has 1 aliphatic rings. The summed E-state index contributed by atoms with van der Waals surface area (Å²) in [6.45, 7) is 10.8. The summed E-state index contributed by atoms with van der Waals surface area (Å²) in [6, 6.07) is 10.0. The minimum Gasteiger partial charge on any atom is -0.379 e. The second-order valence-corrected chi connectivity index (χ2v) is 7.00. The van der Waals surface area contributed by atoms with E-state index in [1.54, 1.807) is 4.90 Å². The summed E-state index contributed by atoms with van der Waals surface area (Å²) in [5, 5.41) is 0. The molecule has 6 nitrogen and oxygen atoms in total. The summed E-state index contributed by atoms with van der Waals surface area (Å²) >= 11 is 0. The summed E-state index contributed by atoms with van der Waals surface area (Å²) < 4.78 is 5.35. The van der Waals surface area contributed by atoms with Gasteiger partial charge in [0.25, 0.3) is 0 Å². The van der Waals surface area contributed by atoms with Gasteiger partial charge in [-0.1, -0.05) is 30.3 Å². The first kappa shape index (κ1) is 20.4. The van der Waals surface area contributed by atoms with Crippen LogP contribution in [0.1, 0.15) is 26.3 Å². The van der Waals surface area contributed by atoms with E-state index in [-0.39, 0.29) is 24.4 Å². The second kappa shape index (κ2) is 10.3. The van der Waals surface area contributed by atoms with Gasteiger partial charge in [0.15, 0.2) is 0 Å². The summed E-state index contributed by atoms with van der Waals surface area (Å²) in [7, 11) is 0. The number of amides is 2. The van der Waals surface area contributed by atoms with Gasteiger partial charge < -0.3 is 14.5 Å². The van der Waals surface area contributed by atoms with Crippen molar-refractivity contribution in [3.63, 3.8) is 0 Å². The predicted octanol–water partition coefficient (Wildman–Crippen LogP) is 1.60. The quantitative estimate of drug-likeness (QED) is 0.706. The van der Waals surface area contributed by atoms with E-state index in [9.17, 15) is 9.59 Å². The van der Waals surface area contributed by atoms with Crippen LogP contribution in [-0.2, 0) is 20.9 Å². The molecular formula is C20H31N3O3. The van der Waals surface area contributed by atoms with Gasteiger partial charge >= 0.3 is 0 Å². The van der Waals surface area contributed by atoms with Gasteiger partial charge in [-0.25, -0.2) is 0 Å². The average Bonchev–Trinajstić information content (AvgIpc) is 2.64. The van der Waals surface area contributed by atoms with Crippen molar-refractivity contribution in [1.82, 2.24) is 14.7 Å². The van der Waals surface area contributed by atoms with Crippen molar-refractivity contribution < 1.29 is 14.3 Å². The van der Waals surface area contributed by atoms with Crippen LogP contribution in [-0.4, -0.2) is 78.5 Å². The number of hydrogen-bond donors (Lipinski definition) is 0. The van der Waals surface area contributed by atoms with Crippen molar-refractivity contribution in [3.05, 3.63) is 35.9 Å². The van der Waals surface area contributed by atoms with Gasteiger partial charge in [-0.2, -0.15) is 0 Å². The monoisotopic (exact) mass is 361 g/mol. The van der Waals surface area contributed by atoms with Crippen molar-refractivity contribution in [2.75, 3.05) is 45.9 Å². The van der Waals surface area contributed by atoms with E-state index < -0.39 is 0 Å². The lowest BCUT2D eigenvalue weighted by Gasteiger charge is -2.32. The van der Waals surface area contributed by atoms with Gasteiger partial charge in [-0.3, -0.25) is 14.5 Å². The number of hydrogen-bond acceptors (Lipinski definition) is 4. The van der Waals surface area contributed by atoms with Crippen LogP contribution in [0.15, 0.2) is 30.3 Å². The summed E-state index contributed by atoms with van der Waals surface area (Å²) in [4.78, 5) is 30.6. The molecule has 1 aromatic carbocycles. The lowest BCUT2D eigenvalue weighted by Crippen LogP contribution is -2.47. The molecule has 0 aromatic heterocycles. The smallest absolute Gasteiger partial charge is 0.242 e. The Balaban J connectivity index is 1.93. The molecule has 1 saturated heterocycles.